The number of esters is 1. The number of nitro benzene ring substituents is 1. The molecule has 3 rings (SSSR count). The molecule has 1 unspecified atom stereocenters. The highest BCUT2D eigenvalue weighted by atomic mass is 35.5. The lowest BCUT2D eigenvalue weighted by Crippen LogP contribution is -2.08. The van der Waals surface area contributed by atoms with E-state index in [1.807, 2.05) is 24.3 Å². The van der Waals surface area contributed by atoms with Crippen molar-refractivity contribution in [2.75, 3.05) is 7.11 Å². The fraction of sp³-hybridized carbons (Fsp3) is 0.211. The minimum absolute atomic E-state index is 0.0292. The molecule has 0 N–H and O–H groups in total. The molecule has 2 aromatic carbocycles. The van der Waals surface area contributed by atoms with Crippen LogP contribution in [0.2, 0.25) is 5.02 Å². The summed E-state index contributed by atoms with van der Waals surface area (Å²) in [5.41, 5.74) is 3.65. The maximum atomic E-state index is 12.2. The number of rotatable bonds is 5. The summed E-state index contributed by atoms with van der Waals surface area (Å²) in [6, 6.07) is 13.8. The molecule has 1 atom stereocenters. The van der Waals surface area contributed by atoms with Crippen LogP contribution in [0.4, 0.5) is 5.69 Å². The van der Waals surface area contributed by atoms with Crippen LogP contribution in [0.3, 0.4) is 0 Å². The van der Waals surface area contributed by atoms with E-state index in [-0.39, 0.29) is 17.6 Å². The van der Waals surface area contributed by atoms with Crippen molar-refractivity contribution in [3.63, 3.8) is 0 Å². The van der Waals surface area contributed by atoms with Gasteiger partial charge in [-0.25, -0.2) is 4.79 Å². The van der Waals surface area contributed by atoms with Crippen molar-refractivity contribution in [1.29, 1.82) is 0 Å². The maximum absolute atomic E-state index is 12.2. The van der Waals surface area contributed by atoms with E-state index in [2.05, 4.69) is 0 Å². The molecular weight excluding hydrogens is 342 g/mol. The Morgan fingerprint density at radius 1 is 1.20 bits per heavy atom. The first-order valence-electron chi connectivity index (χ1n) is 7.78. The van der Waals surface area contributed by atoms with Crippen LogP contribution in [0.1, 0.15) is 23.5 Å². The summed E-state index contributed by atoms with van der Waals surface area (Å²) in [4.78, 5) is 22.5. The lowest BCUT2D eigenvalue weighted by molar-refractivity contribution is -0.384. The van der Waals surface area contributed by atoms with E-state index in [0.717, 1.165) is 23.1 Å². The molecule has 6 heteroatoms. The Morgan fingerprint density at radius 3 is 2.40 bits per heavy atom. The van der Waals surface area contributed by atoms with Gasteiger partial charge in [0.1, 0.15) is 0 Å². The first kappa shape index (κ1) is 17.2. The topological polar surface area (TPSA) is 69.4 Å². The molecule has 0 aromatic heterocycles. The Kier molecular flexibility index (Phi) is 4.86. The summed E-state index contributed by atoms with van der Waals surface area (Å²) in [5.74, 6) is -0.158. The van der Waals surface area contributed by atoms with E-state index in [1.165, 1.54) is 19.2 Å². The SMILES string of the molecule is COC(=O)/C(Cc1ccc([N+](=O)[O-])cc1)=C1/CC1c1ccc(Cl)cc1. The van der Waals surface area contributed by atoms with Gasteiger partial charge in [-0.05, 0) is 29.7 Å². The largest absolute Gasteiger partial charge is 0.466 e. The van der Waals surface area contributed by atoms with E-state index < -0.39 is 4.92 Å². The first-order chi connectivity index (χ1) is 12.0. The highest BCUT2D eigenvalue weighted by Crippen LogP contribution is 2.49. The first-order valence-corrected chi connectivity index (χ1v) is 8.16. The minimum Gasteiger partial charge on any atom is -0.466 e. The molecule has 0 saturated heterocycles. The average molecular weight is 358 g/mol. The van der Waals surface area contributed by atoms with E-state index in [9.17, 15) is 14.9 Å². The molecule has 1 saturated carbocycles. The van der Waals surface area contributed by atoms with Gasteiger partial charge < -0.3 is 4.74 Å². The van der Waals surface area contributed by atoms with Crippen LogP contribution in [0.15, 0.2) is 59.7 Å². The van der Waals surface area contributed by atoms with Crippen LogP contribution >= 0.6 is 11.6 Å². The van der Waals surface area contributed by atoms with Gasteiger partial charge in [-0.1, -0.05) is 41.4 Å². The van der Waals surface area contributed by atoms with Gasteiger partial charge in [0.15, 0.2) is 0 Å². The second-order valence-electron chi connectivity index (χ2n) is 5.90. The number of nitrogens with zero attached hydrogens (tertiary/aromatic N) is 1. The smallest absolute Gasteiger partial charge is 0.334 e. The Labute approximate surface area is 150 Å². The van der Waals surface area contributed by atoms with Crippen LogP contribution in [-0.2, 0) is 16.0 Å². The van der Waals surface area contributed by atoms with E-state index in [1.54, 1.807) is 12.1 Å². The molecule has 0 spiro atoms. The van der Waals surface area contributed by atoms with Crippen LogP contribution < -0.4 is 0 Å². The number of halogens is 1. The Hall–Kier alpha value is -2.66. The summed E-state index contributed by atoms with van der Waals surface area (Å²) < 4.78 is 4.93. The second-order valence-corrected chi connectivity index (χ2v) is 6.34. The third-order valence-electron chi connectivity index (χ3n) is 4.30. The van der Waals surface area contributed by atoms with Gasteiger partial charge in [-0.3, -0.25) is 10.1 Å². The molecule has 0 heterocycles. The molecule has 0 aliphatic heterocycles. The second kappa shape index (κ2) is 7.07. The predicted octanol–water partition coefficient (Wildman–Crippen LogP) is 4.45. The van der Waals surface area contributed by atoms with Crippen LogP contribution in [-0.4, -0.2) is 18.0 Å². The lowest BCUT2D eigenvalue weighted by Gasteiger charge is -2.06. The molecule has 25 heavy (non-hydrogen) atoms. The number of ether oxygens (including phenoxy) is 1. The normalized spacial score (nSPS) is 17.8. The number of carbonyl (C=O) groups excluding carboxylic acids is 1. The number of non-ortho nitro benzene ring substituents is 1. The number of methoxy groups -OCH3 is 1. The zero-order chi connectivity index (χ0) is 18.0. The van der Waals surface area contributed by atoms with Crippen LogP contribution in [0, 0.1) is 10.1 Å². The van der Waals surface area contributed by atoms with Crippen molar-refractivity contribution in [3.05, 3.63) is 85.9 Å². The van der Waals surface area contributed by atoms with Gasteiger partial charge in [0.25, 0.3) is 5.69 Å². The molecule has 1 aliphatic rings. The Balaban J connectivity index is 1.84. The third-order valence-corrected chi connectivity index (χ3v) is 4.56. The molecule has 2 aromatic rings. The fourth-order valence-corrected chi connectivity index (χ4v) is 3.01. The van der Waals surface area contributed by atoms with E-state index in [4.69, 9.17) is 16.3 Å². The monoisotopic (exact) mass is 357 g/mol. The number of carbonyl (C=O) groups is 1. The Morgan fingerprint density at radius 2 is 1.84 bits per heavy atom. The van der Waals surface area contributed by atoms with Gasteiger partial charge in [-0.2, -0.15) is 0 Å². The van der Waals surface area contributed by atoms with Crippen LogP contribution in [0.5, 0.6) is 0 Å². The zero-order valence-corrected chi connectivity index (χ0v) is 14.3. The Bertz CT molecular complexity index is 841. The molecule has 5 nitrogen and oxygen atoms in total. The quantitative estimate of drug-likeness (QED) is 0.343. The van der Waals surface area contributed by atoms with Gasteiger partial charge >= 0.3 is 5.97 Å². The predicted molar refractivity (Wildman–Crippen MR) is 94.7 cm³/mol. The molecule has 0 amide bonds. The number of hydrogen-bond donors (Lipinski definition) is 0. The van der Waals surface area contributed by atoms with Gasteiger partial charge in [0.05, 0.1) is 12.0 Å². The van der Waals surface area contributed by atoms with Crippen LogP contribution in [0.25, 0.3) is 0 Å². The van der Waals surface area contributed by atoms with E-state index >= 15 is 0 Å². The van der Waals surface area contributed by atoms with E-state index in [0.29, 0.717) is 17.0 Å². The number of benzene rings is 2. The summed E-state index contributed by atoms with van der Waals surface area (Å²) in [6.07, 6.45) is 1.20. The number of hydrogen-bond acceptors (Lipinski definition) is 4. The highest BCUT2D eigenvalue weighted by molar-refractivity contribution is 6.30. The molecule has 0 bridgehead atoms. The minimum atomic E-state index is -0.444. The van der Waals surface area contributed by atoms with Gasteiger partial charge in [-0.15, -0.1) is 0 Å². The van der Waals surface area contributed by atoms with Crippen molar-refractivity contribution in [2.45, 2.75) is 18.8 Å². The van der Waals surface area contributed by atoms with Crippen molar-refractivity contribution >= 4 is 23.3 Å². The molecule has 1 fully saturated rings. The highest BCUT2D eigenvalue weighted by Gasteiger charge is 2.36. The van der Waals surface area contributed by atoms with Crippen molar-refractivity contribution in [1.82, 2.24) is 0 Å². The summed E-state index contributed by atoms with van der Waals surface area (Å²) >= 11 is 5.92. The lowest BCUT2D eigenvalue weighted by atomic mass is 10.0. The molecule has 0 radical (unpaired) electrons. The zero-order valence-electron chi connectivity index (χ0n) is 13.6. The summed E-state index contributed by atoms with van der Waals surface area (Å²) in [6.45, 7) is 0. The van der Waals surface area contributed by atoms with Gasteiger partial charge in [0, 0.05) is 35.1 Å². The molecule has 1 aliphatic carbocycles. The number of nitro groups is 1. The maximum Gasteiger partial charge on any atom is 0.334 e. The molecule has 128 valence electrons. The van der Waals surface area contributed by atoms with Crippen molar-refractivity contribution in [3.8, 4) is 0 Å². The fourth-order valence-electron chi connectivity index (χ4n) is 2.89. The summed E-state index contributed by atoms with van der Waals surface area (Å²) in [5, 5.41) is 11.4. The third kappa shape index (κ3) is 3.88. The standard InChI is InChI=1S/C19H16ClNO4/c1-25-19(22)18(10-12-2-8-15(9-3-12)21(23)24)17-11-16(17)13-4-6-14(20)7-5-13/h2-9,16H,10-11H2,1H3/b18-17-. The summed E-state index contributed by atoms with van der Waals surface area (Å²) in [7, 11) is 1.36. The van der Waals surface area contributed by atoms with Gasteiger partial charge in [0.2, 0.25) is 0 Å². The number of allylic oxidation sites excluding steroid dienone is 1. The molecular formula is C19H16ClNO4. The van der Waals surface area contributed by atoms with Crippen molar-refractivity contribution in [2.24, 2.45) is 0 Å². The van der Waals surface area contributed by atoms with Crippen molar-refractivity contribution < 1.29 is 14.5 Å². The average Bonchev–Trinajstić information content (AvgIpc) is 3.40.